The zero-order valence-corrected chi connectivity index (χ0v) is 23.4. The number of likely N-dealkylation sites (N-methyl/N-ethyl adjacent to an activating group) is 1. The van der Waals surface area contributed by atoms with Crippen LogP contribution in [0.1, 0.15) is 44.6 Å². The lowest BCUT2D eigenvalue weighted by atomic mass is 9.94. The van der Waals surface area contributed by atoms with Gasteiger partial charge in [-0.3, -0.25) is 4.98 Å². The van der Waals surface area contributed by atoms with Gasteiger partial charge in [-0.25, -0.2) is 13.8 Å². The highest BCUT2D eigenvalue weighted by Crippen LogP contribution is 2.37. The average Bonchev–Trinajstić information content (AvgIpc) is 2.97. The van der Waals surface area contributed by atoms with E-state index in [4.69, 9.17) is 16.4 Å². The van der Waals surface area contributed by atoms with Crippen LogP contribution in [0.2, 0.25) is 0 Å². The van der Waals surface area contributed by atoms with E-state index in [9.17, 15) is 9.50 Å². The number of aliphatic hydroxyl groups is 1. The Kier molecular flexibility index (Phi) is 7.22. The number of pyridine rings is 1. The third-order valence-electron chi connectivity index (χ3n) is 8.44. The highest BCUT2D eigenvalue weighted by molar-refractivity contribution is 6.02. The normalized spacial score (nSPS) is 18.9. The maximum absolute atomic E-state index is 16.6. The van der Waals surface area contributed by atoms with E-state index in [-0.39, 0.29) is 16.8 Å². The first-order valence-electron chi connectivity index (χ1n) is 14.2. The standard InChI is InChI=1S/C32H34F2N6O/c1-4-22-25(33)12-11-20-8-7-10-23(26(20)22)28-27(34)29-24(18-36-28)30(39(3)19-21-9-5-6-15-35-21)38-31(37-29)40-16-13-32(2,41)14-17-40/h1,7-8,10-12,18,21,35,41H,5-6,9,13-17,19H2,2-3H3/t21-/m0/s1. The van der Waals surface area contributed by atoms with Crippen LogP contribution in [-0.4, -0.2) is 64.9 Å². The molecule has 1 atom stereocenters. The second kappa shape index (κ2) is 10.8. The van der Waals surface area contributed by atoms with Gasteiger partial charge in [-0.15, -0.1) is 6.42 Å². The van der Waals surface area contributed by atoms with Gasteiger partial charge in [-0.2, -0.15) is 4.98 Å². The third-order valence-corrected chi connectivity index (χ3v) is 8.44. The molecular formula is C32H34F2N6O. The quantitative estimate of drug-likeness (QED) is 0.334. The minimum absolute atomic E-state index is 0.0546. The van der Waals surface area contributed by atoms with Gasteiger partial charge in [0.2, 0.25) is 5.95 Å². The molecule has 2 fully saturated rings. The number of aromatic nitrogens is 3. The van der Waals surface area contributed by atoms with Crippen LogP contribution in [0.25, 0.3) is 32.9 Å². The molecular weight excluding hydrogens is 522 g/mol. The third kappa shape index (κ3) is 5.18. The molecule has 6 rings (SSSR count). The molecule has 2 saturated heterocycles. The van der Waals surface area contributed by atoms with E-state index in [1.165, 1.54) is 12.5 Å². The second-order valence-corrected chi connectivity index (χ2v) is 11.5. The van der Waals surface area contributed by atoms with Crippen LogP contribution in [-0.2, 0) is 0 Å². The lowest BCUT2D eigenvalue weighted by Crippen LogP contribution is -2.44. The summed E-state index contributed by atoms with van der Waals surface area (Å²) in [5.74, 6) is 2.29. The van der Waals surface area contributed by atoms with E-state index in [1.807, 2.05) is 29.8 Å². The van der Waals surface area contributed by atoms with Crippen LogP contribution in [0.3, 0.4) is 0 Å². The zero-order valence-electron chi connectivity index (χ0n) is 23.4. The Hall–Kier alpha value is -3.87. The molecule has 2 aliphatic heterocycles. The summed E-state index contributed by atoms with van der Waals surface area (Å²) in [7, 11) is 1.96. The van der Waals surface area contributed by atoms with Crippen molar-refractivity contribution in [2.75, 3.05) is 43.0 Å². The van der Waals surface area contributed by atoms with Crippen molar-refractivity contribution in [3.63, 3.8) is 0 Å². The number of rotatable bonds is 5. The van der Waals surface area contributed by atoms with Gasteiger partial charge in [-0.1, -0.05) is 36.6 Å². The van der Waals surface area contributed by atoms with Gasteiger partial charge in [0, 0.05) is 49.9 Å². The molecule has 0 radical (unpaired) electrons. The average molecular weight is 557 g/mol. The summed E-state index contributed by atoms with van der Waals surface area (Å²) in [4.78, 5) is 18.2. The molecule has 0 saturated carbocycles. The van der Waals surface area contributed by atoms with E-state index >= 15 is 4.39 Å². The van der Waals surface area contributed by atoms with Crippen molar-refractivity contribution < 1.29 is 13.9 Å². The summed E-state index contributed by atoms with van der Waals surface area (Å²) in [6.07, 6.45) is 11.8. The lowest BCUT2D eigenvalue weighted by molar-refractivity contribution is 0.0349. The summed E-state index contributed by atoms with van der Waals surface area (Å²) in [6, 6.07) is 8.56. The molecule has 2 aromatic heterocycles. The van der Waals surface area contributed by atoms with Crippen molar-refractivity contribution in [3.05, 3.63) is 53.7 Å². The van der Waals surface area contributed by atoms with Gasteiger partial charge < -0.3 is 20.2 Å². The fourth-order valence-corrected chi connectivity index (χ4v) is 6.03. The molecule has 4 heterocycles. The Labute approximate surface area is 238 Å². The molecule has 212 valence electrons. The van der Waals surface area contributed by atoms with E-state index < -0.39 is 17.2 Å². The lowest BCUT2D eigenvalue weighted by Gasteiger charge is -2.36. The fraction of sp³-hybridized carbons (Fsp3) is 0.406. The van der Waals surface area contributed by atoms with Gasteiger partial charge >= 0.3 is 0 Å². The molecule has 0 amide bonds. The predicted octanol–water partition coefficient (Wildman–Crippen LogP) is 5.03. The number of nitrogens with zero attached hydrogens (tertiary/aromatic N) is 5. The SMILES string of the molecule is C#Cc1c(F)ccc2cccc(-c3ncc4c(N(C)C[C@@H]5CCCCN5)nc(N5CCC(C)(O)CC5)nc4c3F)c12. The molecule has 9 heteroatoms. The molecule has 0 spiro atoms. The number of fused-ring (bicyclic) bond motifs is 2. The van der Waals surface area contributed by atoms with Crippen LogP contribution in [0, 0.1) is 24.0 Å². The summed E-state index contributed by atoms with van der Waals surface area (Å²) in [5.41, 5.74) is -0.0702. The van der Waals surface area contributed by atoms with Gasteiger partial charge in [0.25, 0.3) is 0 Å². The highest BCUT2D eigenvalue weighted by atomic mass is 19.1. The van der Waals surface area contributed by atoms with Crippen LogP contribution in [0.4, 0.5) is 20.5 Å². The van der Waals surface area contributed by atoms with Crippen LogP contribution >= 0.6 is 0 Å². The van der Waals surface area contributed by atoms with Gasteiger partial charge in [0.15, 0.2) is 5.82 Å². The Morgan fingerprint density at radius 3 is 2.71 bits per heavy atom. The number of anilines is 2. The molecule has 0 unspecified atom stereocenters. The first-order chi connectivity index (χ1) is 19.8. The van der Waals surface area contributed by atoms with Gasteiger partial charge in [-0.05, 0) is 50.6 Å². The molecule has 2 N–H and O–H groups in total. The van der Waals surface area contributed by atoms with E-state index in [1.54, 1.807) is 24.4 Å². The number of hydrogen-bond acceptors (Lipinski definition) is 7. The van der Waals surface area contributed by atoms with Crippen molar-refractivity contribution in [1.29, 1.82) is 0 Å². The summed E-state index contributed by atoms with van der Waals surface area (Å²) >= 11 is 0. The summed E-state index contributed by atoms with van der Waals surface area (Å²) < 4.78 is 31.3. The van der Waals surface area contributed by atoms with Crippen molar-refractivity contribution in [1.82, 2.24) is 20.3 Å². The smallest absolute Gasteiger partial charge is 0.228 e. The van der Waals surface area contributed by atoms with Gasteiger partial charge in [0.1, 0.15) is 22.8 Å². The maximum atomic E-state index is 16.6. The minimum Gasteiger partial charge on any atom is -0.390 e. The number of terminal acetylenes is 1. The summed E-state index contributed by atoms with van der Waals surface area (Å²) in [6.45, 7) is 4.63. The molecule has 4 aromatic rings. The van der Waals surface area contributed by atoms with Gasteiger partial charge in [0.05, 0.1) is 16.6 Å². The first-order valence-corrected chi connectivity index (χ1v) is 14.2. The molecule has 2 aliphatic rings. The van der Waals surface area contributed by atoms with E-state index in [0.717, 1.165) is 19.4 Å². The molecule has 2 aromatic carbocycles. The molecule has 41 heavy (non-hydrogen) atoms. The molecule has 0 bridgehead atoms. The Balaban J connectivity index is 1.51. The predicted molar refractivity (Wildman–Crippen MR) is 159 cm³/mol. The van der Waals surface area contributed by atoms with E-state index in [0.29, 0.717) is 72.0 Å². The van der Waals surface area contributed by atoms with Crippen molar-refractivity contribution in [2.45, 2.75) is 50.7 Å². The van der Waals surface area contributed by atoms with Crippen LogP contribution in [0.5, 0.6) is 0 Å². The second-order valence-electron chi connectivity index (χ2n) is 11.5. The highest BCUT2D eigenvalue weighted by Gasteiger charge is 2.30. The number of benzene rings is 2. The number of hydrogen-bond donors (Lipinski definition) is 2. The Morgan fingerprint density at radius 1 is 1.17 bits per heavy atom. The number of halogens is 2. The van der Waals surface area contributed by atoms with Crippen molar-refractivity contribution in [3.8, 4) is 23.6 Å². The molecule has 7 nitrogen and oxygen atoms in total. The van der Waals surface area contributed by atoms with Crippen LogP contribution < -0.4 is 15.1 Å². The van der Waals surface area contributed by atoms with Crippen molar-refractivity contribution >= 4 is 33.4 Å². The Morgan fingerprint density at radius 2 is 1.98 bits per heavy atom. The topological polar surface area (TPSA) is 77.4 Å². The minimum atomic E-state index is -0.750. The van der Waals surface area contributed by atoms with E-state index in [2.05, 4.69) is 16.2 Å². The first kappa shape index (κ1) is 27.3. The van der Waals surface area contributed by atoms with Crippen molar-refractivity contribution in [2.24, 2.45) is 0 Å². The largest absolute Gasteiger partial charge is 0.390 e. The van der Waals surface area contributed by atoms with Crippen LogP contribution in [0.15, 0.2) is 36.5 Å². The monoisotopic (exact) mass is 556 g/mol. The number of piperidine rings is 2. The maximum Gasteiger partial charge on any atom is 0.228 e. The number of nitrogens with one attached hydrogen (secondary N) is 1. The molecule has 0 aliphatic carbocycles. The fourth-order valence-electron chi connectivity index (χ4n) is 6.03. The summed E-state index contributed by atoms with van der Waals surface area (Å²) in [5, 5.41) is 15.7. The zero-order chi connectivity index (χ0) is 28.7. The Bertz CT molecular complexity index is 1650.